The van der Waals surface area contributed by atoms with Gasteiger partial charge in [0.2, 0.25) is 5.91 Å². The van der Waals surface area contributed by atoms with Crippen LogP contribution in [0, 0.1) is 0 Å². The van der Waals surface area contributed by atoms with Crippen LogP contribution in [0.1, 0.15) is 6.42 Å². The van der Waals surface area contributed by atoms with Crippen molar-refractivity contribution >= 4 is 50.9 Å². The average Bonchev–Trinajstić information content (AvgIpc) is 3.26. The number of hydrogen-bond donors (Lipinski definition) is 4. The lowest BCUT2D eigenvalue weighted by Gasteiger charge is -2.29. The van der Waals surface area contributed by atoms with Crippen molar-refractivity contribution in [3.05, 3.63) is 78.9 Å². The predicted molar refractivity (Wildman–Crippen MR) is 141 cm³/mol. The summed E-state index contributed by atoms with van der Waals surface area (Å²) in [7, 11) is 0. The summed E-state index contributed by atoms with van der Waals surface area (Å²) in [4.78, 5) is 21.3. The van der Waals surface area contributed by atoms with Crippen LogP contribution < -0.4 is 21.7 Å². The Bertz CT molecular complexity index is 1270. The van der Waals surface area contributed by atoms with Crippen LogP contribution >= 0.6 is 23.1 Å². The first-order valence-electron chi connectivity index (χ1n) is 10.9. The molecule has 0 radical (unpaired) electrons. The minimum atomic E-state index is -0.585. The van der Waals surface area contributed by atoms with E-state index in [9.17, 15) is 4.79 Å². The Morgan fingerprint density at radius 1 is 1.06 bits per heavy atom. The summed E-state index contributed by atoms with van der Waals surface area (Å²) < 4.78 is 2.16. The lowest BCUT2D eigenvalue weighted by atomic mass is 10.1. The molecule has 2 unspecified atom stereocenters. The lowest BCUT2D eigenvalue weighted by molar-refractivity contribution is -0.124. The Labute approximate surface area is 205 Å². The molecule has 34 heavy (non-hydrogen) atoms. The van der Waals surface area contributed by atoms with Crippen LogP contribution in [0.25, 0.3) is 21.3 Å². The number of guanidine groups is 1. The number of aromatic nitrogens is 1. The standard InChI is InChI=1S/C25H24N6OS2/c26-23(27-18-12-10-17(11-13-18)16-6-2-1-3-7-16)31-24-28-19(14-22(32)30-24)15-33-25-29-20-8-4-5-9-21(20)34-25/h1-13,19,24,28H,14-15H2,(H,30,32)(H3,26,27,31). The third-order valence-electron chi connectivity index (χ3n) is 5.34. The minimum Gasteiger partial charge on any atom is -0.370 e. The third kappa shape index (κ3) is 5.56. The highest BCUT2D eigenvalue weighted by atomic mass is 32.2. The number of nitrogens with one attached hydrogen (secondary N) is 3. The monoisotopic (exact) mass is 488 g/mol. The van der Waals surface area contributed by atoms with E-state index in [0.29, 0.717) is 12.2 Å². The summed E-state index contributed by atoms with van der Waals surface area (Å²) in [6, 6.07) is 26.2. The maximum atomic E-state index is 12.2. The molecule has 1 aliphatic rings. The quantitative estimate of drug-likeness (QED) is 0.184. The molecule has 9 heteroatoms. The summed E-state index contributed by atoms with van der Waals surface area (Å²) in [6.45, 7) is 0. The fraction of sp³-hybridized carbons (Fsp3) is 0.160. The molecule has 7 nitrogen and oxygen atoms in total. The zero-order valence-electron chi connectivity index (χ0n) is 18.3. The number of nitrogens with two attached hydrogens (primary N) is 1. The largest absolute Gasteiger partial charge is 0.370 e. The number of aliphatic imine (C=N–C) groups is 1. The number of nitrogens with zero attached hydrogens (tertiary/aromatic N) is 2. The number of benzene rings is 3. The topological polar surface area (TPSA) is 104 Å². The van der Waals surface area contributed by atoms with E-state index in [1.165, 1.54) is 0 Å². The molecule has 3 aromatic carbocycles. The molecule has 1 fully saturated rings. The highest BCUT2D eigenvalue weighted by Gasteiger charge is 2.26. The highest BCUT2D eigenvalue weighted by Crippen LogP contribution is 2.30. The van der Waals surface area contributed by atoms with Gasteiger partial charge in [0.25, 0.3) is 0 Å². The van der Waals surface area contributed by atoms with Gasteiger partial charge < -0.3 is 16.4 Å². The molecule has 2 atom stereocenters. The Kier molecular flexibility index (Phi) is 6.75. The Hall–Kier alpha value is -3.40. The van der Waals surface area contributed by atoms with Crippen LogP contribution in [0.15, 0.2) is 88.2 Å². The van der Waals surface area contributed by atoms with Gasteiger partial charge in [-0.15, -0.1) is 11.3 Å². The Balaban J connectivity index is 1.18. The molecule has 0 saturated carbocycles. The number of carbonyl (C=O) groups is 1. The van der Waals surface area contributed by atoms with Crippen molar-refractivity contribution in [3.63, 3.8) is 0 Å². The van der Waals surface area contributed by atoms with Crippen molar-refractivity contribution < 1.29 is 4.79 Å². The lowest BCUT2D eigenvalue weighted by Crippen LogP contribution is -2.57. The molecule has 5 N–H and O–H groups in total. The summed E-state index contributed by atoms with van der Waals surface area (Å²) in [5.41, 5.74) is 10.2. The van der Waals surface area contributed by atoms with Crippen molar-refractivity contribution in [3.8, 4) is 11.1 Å². The predicted octanol–water partition coefficient (Wildman–Crippen LogP) is 4.24. The summed E-state index contributed by atoms with van der Waals surface area (Å²) in [5.74, 6) is 0.889. The molecule has 1 saturated heterocycles. The van der Waals surface area contributed by atoms with Crippen LogP contribution in [0.3, 0.4) is 0 Å². The molecule has 0 aliphatic carbocycles. The fourth-order valence-corrected chi connectivity index (χ4v) is 5.84. The van der Waals surface area contributed by atoms with E-state index in [1.54, 1.807) is 23.1 Å². The first-order valence-corrected chi connectivity index (χ1v) is 12.7. The molecule has 0 bridgehead atoms. The molecular weight excluding hydrogens is 464 g/mol. The summed E-state index contributed by atoms with van der Waals surface area (Å²) >= 11 is 3.31. The zero-order valence-corrected chi connectivity index (χ0v) is 19.9. The normalized spacial score (nSPS) is 18.6. The van der Waals surface area contributed by atoms with Gasteiger partial charge >= 0.3 is 0 Å². The van der Waals surface area contributed by atoms with Gasteiger partial charge in [-0.1, -0.05) is 66.4 Å². The van der Waals surface area contributed by atoms with Crippen molar-refractivity contribution in [1.82, 2.24) is 15.6 Å². The van der Waals surface area contributed by atoms with Gasteiger partial charge in [0, 0.05) is 23.9 Å². The van der Waals surface area contributed by atoms with E-state index in [1.807, 2.05) is 60.7 Å². The molecule has 4 aromatic rings. The maximum Gasteiger partial charge on any atom is 0.224 e. The number of thioether (sulfide) groups is 1. The molecule has 1 amide bonds. The van der Waals surface area contributed by atoms with Gasteiger partial charge in [-0.25, -0.2) is 9.98 Å². The fourth-order valence-electron chi connectivity index (χ4n) is 3.72. The van der Waals surface area contributed by atoms with Gasteiger partial charge in [0.1, 0.15) is 0 Å². The molecule has 1 aromatic heterocycles. The Morgan fingerprint density at radius 2 is 1.79 bits per heavy atom. The third-order valence-corrected chi connectivity index (χ3v) is 7.68. The smallest absolute Gasteiger partial charge is 0.224 e. The molecular formula is C25H24N6OS2. The molecule has 0 spiro atoms. The first-order chi connectivity index (χ1) is 16.6. The number of thiazole rings is 1. The summed E-state index contributed by atoms with van der Waals surface area (Å²) in [5, 5.41) is 9.28. The Morgan fingerprint density at radius 3 is 2.59 bits per heavy atom. The SMILES string of the molecule is N/C(=N\C1NC(=O)CC(CSc2nc3ccccc3s2)N1)Nc1ccc(-c2ccccc2)cc1. The molecule has 1 aliphatic heterocycles. The van der Waals surface area contributed by atoms with Crippen molar-refractivity contribution in [2.24, 2.45) is 10.7 Å². The van der Waals surface area contributed by atoms with Crippen LogP contribution in [0.2, 0.25) is 0 Å². The van der Waals surface area contributed by atoms with E-state index < -0.39 is 6.29 Å². The zero-order chi connectivity index (χ0) is 23.3. The number of fused-ring (bicyclic) bond motifs is 1. The van der Waals surface area contributed by atoms with Gasteiger partial charge in [-0.2, -0.15) is 0 Å². The van der Waals surface area contributed by atoms with E-state index in [0.717, 1.165) is 31.4 Å². The second-order valence-corrected chi connectivity index (χ2v) is 10.2. The van der Waals surface area contributed by atoms with Crippen molar-refractivity contribution in [2.75, 3.05) is 11.1 Å². The highest BCUT2D eigenvalue weighted by molar-refractivity contribution is 8.01. The number of hydrogen-bond acceptors (Lipinski definition) is 6. The number of anilines is 1. The van der Waals surface area contributed by atoms with Crippen LogP contribution in [-0.4, -0.2) is 34.9 Å². The number of carbonyl (C=O) groups excluding carboxylic acids is 1. The summed E-state index contributed by atoms with van der Waals surface area (Å²) in [6.07, 6.45) is -0.198. The van der Waals surface area contributed by atoms with Crippen molar-refractivity contribution in [2.45, 2.75) is 23.1 Å². The van der Waals surface area contributed by atoms with E-state index >= 15 is 0 Å². The van der Waals surface area contributed by atoms with E-state index in [4.69, 9.17) is 5.73 Å². The number of para-hydroxylation sites is 1. The minimum absolute atomic E-state index is 0.0301. The maximum absolute atomic E-state index is 12.2. The second kappa shape index (κ2) is 10.3. The molecule has 172 valence electrons. The van der Waals surface area contributed by atoms with Gasteiger partial charge in [0.15, 0.2) is 16.6 Å². The molecule has 5 rings (SSSR count). The average molecular weight is 489 g/mol. The molecule has 2 heterocycles. The van der Waals surface area contributed by atoms with Crippen LogP contribution in [0.5, 0.6) is 0 Å². The second-order valence-electron chi connectivity index (χ2n) is 7.88. The van der Waals surface area contributed by atoms with E-state index in [2.05, 4.69) is 44.1 Å². The first kappa shape index (κ1) is 22.4. The number of rotatable bonds is 6. The van der Waals surface area contributed by atoms with Crippen molar-refractivity contribution in [1.29, 1.82) is 0 Å². The van der Waals surface area contributed by atoms with Gasteiger partial charge in [0.05, 0.1) is 10.2 Å². The van der Waals surface area contributed by atoms with Gasteiger partial charge in [-0.05, 0) is 35.4 Å². The number of amides is 1. The van der Waals surface area contributed by atoms with E-state index in [-0.39, 0.29) is 17.9 Å². The van der Waals surface area contributed by atoms with Gasteiger partial charge in [-0.3, -0.25) is 10.1 Å². The van der Waals surface area contributed by atoms with Crippen LogP contribution in [0.4, 0.5) is 5.69 Å². The van der Waals surface area contributed by atoms with Crippen LogP contribution in [-0.2, 0) is 4.79 Å².